The quantitative estimate of drug-likeness (QED) is 0.540. The second-order valence-electron chi connectivity index (χ2n) is 6.12. The number of aldehydes is 1. The van der Waals surface area contributed by atoms with E-state index in [4.69, 9.17) is 14.3 Å². The van der Waals surface area contributed by atoms with Gasteiger partial charge in [0.25, 0.3) is 0 Å². The molecule has 0 amide bonds. The minimum Gasteiger partial charge on any atom is -0.481 e. The van der Waals surface area contributed by atoms with Crippen molar-refractivity contribution < 1.29 is 23.8 Å². The number of aromatic nitrogens is 3. The Morgan fingerprint density at radius 1 is 1.50 bits per heavy atom. The number of halogens is 1. The van der Waals surface area contributed by atoms with E-state index < -0.39 is 11.7 Å². The normalized spacial score (nSPS) is 21.6. The molecule has 1 fully saturated rings. The maximum Gasteiger partial charge on any atom is 0.230 e. The van der Waals surface area contributed by atoms with Gasteiger partial charge in [0.15, 0.2) is 5.13 Å². The van der Waals surface area contributed by atoms with Crippen LogP contribution in [0.15, 0.2) is 12.4 Å². The fourth-order valence-corrected chi connectivity index (χ4v) is 3.64. The largest absolute Gasteiger partial charge is 0.481 e. The Morgan fingerprint density at radius 3 is 2.79 bits per heavy atom. The lowest BCUT2D eigenvalue weighted by Gasteiger charge is -2.24. The Morgan fingerprint density at radius 2 is 2.18 bits per heavy atom. The number of nitrogens with one attached hydrogen (secondary N) is 1. The highest BCUT2D eigenvalue weighted by Gasteiger charge is 2.43. The molecule has 3 heterocycles. The third-order valence-electron chi connectivity index (χ3n) is 4.02. The second kappa shape index (κ2) is 9.71. The molecule has 1 aliphatic heterocycles. The van der Waals surface area contributed by atoms with Gasteiger partial charge in [0, 0.05) is 26.1 Å². The van der Waals surface area contributed by atoms with Crippen LogP contribution < -0.4 is 14.8 Å². The summed E-state index contributed by atoms with van der Waals surface area (Å²) in [6, 6.07) is 1.51. The average Bonchev–Trinajstić information content (AvgIpc) is 3.14. The van der Waals surface area contributed by atoms with Crippen LogP contribution in [-0.4, -0.2) is 63.8 Å². The zero-order valence-corrected chi connectivity index (χ0v) is 17.0. The van der Waals surface area contributed by atoms with Crippen LogP contribution in [0.4, 0.5) is 9.52 Å². The summed E-state index contributed by atoms with van der Waals surface area (Å²) in [7, 11) is 3.19. The van der Waals surface area contributed by atoms with Crippen molar-refractivity contribution in [3.05, 3.63) is 23.2 Å². The maximum atomic E-state index is 13.9. The van der Waals surface area contributed by atoms with Crippen molar-refractivity contribution in [2.24, 2.45) is 0 Å². The van der Waals surface area contributed by atoms with Crippen molar-refractivity contribution in [1.29, 1.82) is 0 Å². The van der Waals surface area contributed by atoms with Gasteiger partial charge in [-0.15, -0.1) is 0 Å². The molecule has 0 radical (unpaired) electrons. The van der Waals surface area contributed by atoms with Crippen molar-refractivity contribution in [3.63, 3.8) is 0 Å². The number of anilines is 1. The van der Waals surface area contributed by atoms with Gasteiger partial charge in [-0.25, -0.2) is 9.97 Å². The Hall–Kier alpha value is -2.37. The monoisotopic (exact) mass is 413 g/mol. The molecule has 2 N–H and O–H groups in total. The third-order valence-corrected chi connectivity index (χ3v) is 5.05. The zero-order chi connectivity index (χ0) is 20.7. The number of β-amino-alcohol motifs (C(OH)–C–C–N with tert-alkyl or cyclic N) is 1. The van der Waals surface area contributed by atoms with E-state index in [1.807, 2.05) is 11.8 Å². The summed E-state index contributed by atoms with van der Waals surface area (Å²) in [5.74, 6) is -1.32. The number of rotatable bonds is 6. The van der Waals surface area contributed by atoms with Gasteiger partial charge < -0.3 is 24.7 Å². The van der Waals surface area contributed by atoms with Gasteiger partial charge in [0.2, 0.25) is 23.5 Å². The molecule has 154 valence electrons. The highest BCUT2D eigenvalue weighted by atomic mass is 32.1. The predicted octanol–water partition coefficient (Wildman–Crippen LogP) is 1.69. The first-order valence-electron chi connectivity index (χ1n) is 8.58. The van der Waals surface area contributed by atoms with Crippen LogP contribution in [0.25, 0.3) is 0 Å². The Kier molecular flexibility index (Phi) is 7.61. The number of likely N-dealkylation sites (tertiary alicyclic amines) is 1. The number of ether oxygens (including phenoxy) is 2. The molecular formula is C17H24FN5O4S. The molecular weight excluding hydrogens is 389 g/mol. The lowest BCUT2D eigenvalue weighted by Crippen LogP contribution is -2.39. The van der Waals surface area contributed by atoms with Gasteiger partial charge in [0.1, 0.15) is 12.6 Å². The highest BCUT2D eigenvalue weighted by Crippen LogP contribution is 2.32. The van der Waals surface area contributed by atoms with Crippen LogP contribution >= 0.6 is 11.3 Å². The molecule has 1 aliphatic rings. The highest BCUT2D eigenvalue weighted by molar-refractivity contribution is 7.15. The molecule has 2 aromatic rings. The van der Waals surface area contributed by atoms with E-state index in [9.17, 15) is 9.50 Å². The lowest BCUT2D eigenvalue weighted by molar-refractivity contribution is -0.128. The topological polar surface area (TPSA) is 110 Å². The molecule has 0 aliphatic carbocycles. The summed E-state index contributed by atoms with van der Waals surface area (Å²) < 4.78 is 24.6. The first-order chi connectivity index (χ1) is 13.3. The van der Waals surface area contributed by atoms with Crippen LogP contribution in [0.2, 0.25) is 0 Å². The SMILES string of the molecule is CC=O.CNc1nc(F)c(CN2CC(O)(Oc3cc(OC)ncn3)CC2C)s1. The number of hydrogen-bond donors (Lipinski definition) is 2. The van der Waals surface area contributed by atoms with Gasteiger partial charge in [-0.1, -0.05) is 11.3 Å². The van der Waals surface area contributed by atoms with Crippen LogP contribution in [0, 0.1) is 5.95 Å². The summed E-state index contributed by atoms with van der Waals surface area (Å²) in [5.41, 5.74) is 0. The van der Waals surface area contributed by atoms with Crippen LogP contribution in [-0.2, 0) is 11.3 Å². The van der Waals surface area contributed by atoms with Crippen molar-refractivity contribution in [2.45, 2.75) is 38.6 Å². The Bertz CT molecular complexity index is 793. The van der Waals surface area contributed by atoms with Gasteiger partial charge in [-0.2, -0.15) is 9.37 Å². The first-order valence-corrected chi connectivity index (χ1v) is 9.40. The summed E-state index contributed by atoms with van der Waals surface area (Å²) >= 11 is 1.26. The number of thiazole rings is 1. The molecule has 2 unspecified atom stereocenters. The predicted molar refractivity (Wildman–Crippen MR) is 102 cm³/mol. The van der Waals surface area contributed by atoms with Crippen LogP contribution in [0.1, 0.15) is 25.1 Å². The van der Waals surface area contributed by atoms with E-state index in [0.29, 0.717) is 28.9 Å². The average molecular weight is 413 g/mol. The summed E-state index contributed by atoms with van der Waals surface area (Å²) in [5, 5.41) is 14.1. The molecule has 0 aromatic carbocycles. The van der Waals surface area contributed by atoms with Crippen molar-refractivity contribution in [2.75, 3.05) is 26.0 Å². The number of nitrogens with zero attached hydrogens (tertiary/aromatic N) is 4. The van der Waals surface area contributed by atoms with Crippen molar-refractivity contribution in [1.82, 2.24) is 19.9 Å². The van der Waals surface area contributed by atoms with E-state index in [1.54, 1.807) is 7.05 Å². The van der Waals surface area contributed by atoms with E-state index in [2.05, 4.69) is 20.3 Å². The van der Waals surface area contributed by atoms with Crippen LogP contribution in [0.3, 0.4) is 0 Å². The standard InChI is InChI=1S/C15H20FN5O3S.C2H4O/c1-9-5-15(22,24-12-4-11(23-3)18-8-19-12)7-21(9)6-10-13(16)20-14(17-2)25-10;1-2-3/h4,8-9,22H,5-7H2,1-3H3,(H,17,20);2H,1H3. The summed E-state index contributed by atoms with van der Waals surface area (Å²) in [4.78, 5) is 23.0. The molecule has 2 atom stereocenters. The van der Waals surface area contributed by atoms with Gasteiger partial charge in [-0.3, -0.25) is 4.90 Å². The van der Waals surface area contributed by atoms with E-state index in [1.165, 1.54) is 37.8 Å². The molecule has 28 heavy (non-hydrogen) atoms. The Labute approximate surface area is 166 Å². The molecule has 0 spiro atoms. The summed E-state index contributed by atoms with van der Waals surface area (Å²) in [6.07, 6.45) is 2.43. The van der Waals surface area contributed by atoms with Gasteiger partial charge in [-0.05, 0) is 13.8 Å². The number of hydrogen-bond acceptors (Lipinski definition) is 10. The van der Waals surface area contributed by atoms with E-state index >= 15 is 0 Å². The van der Waals surface area contributed by atoms with Crippen molar-refractivity contribution >= 4 is 22.8 Å². The maximum absolute atomic E-state index is 13.9. The van der Waals surface area contributed by atoms with Crippen molar-refractivity contribution in [3.8, 4) is 11.8 Å². The number of aliphatic hydroxyl groups is 1. The minimum absolute atomic E-state index is 0.00766. The molecule has 3 rings (SSSR count). The molecule has 1 saturated heterocycles. The van der Waals surface area contributed by atoms with E-state index in [0.717, 1.165) is 6.29 Å². The molecule has 0 bridgehead atoms. The third kappa shape index (κ3) is 5.57. The number of methoxy groups -OCH3 is 1. The smallest absolute Gasteiger partial charge is 0.230 e. The second-order valence-corrected chi connectivity index (χ2v) is 7.21. The minimum atomic E-state index is -1.41. The zero-order valence-electron chi connectivity index (χ0n) is 16.2. The van der Waals surface area contributed by atoms with Crippen LogP contribution in [0.5, 0.6) is 11.8 Å². The lowest BCUT2D eigenvalue weighted by atomic mass is 10.2. The Balaban J connectivity index is 0.000000878. The molecule has 2 aromatic heterocycles. The number of carbonyl (C=O) groups is 1. The first kappa shape index (κ1) is 21.9. The molecule has 0 saturated carbocycles. The molecule has 9 nitrogen and oxygen atoms in total. The fourth-order valence-electron chi connectivity index (χ4n) is 2.82. The molecule has 11 heteroatoms. The van der Waals surface area contributed by atoms with E-state index in [-0.39, 0.29) is 18.5 Å². The number of carbonyl (C=O) groups excluding carboxylic acids is 1. The van der Waals surface area contributed by atoms with Gasteiger partial charge in [0.05, 0.1) is 24.6 Å². The van der Waals surface area contributed by atoms with Gasteiger partial charge >= 0.3 is 0 Å². The fraction of sp³-hybridized carbons (Fsp3) is 0.529. The summed E-state index contributed by atoms with van der Waals surface area (Å²) in [6.45, 7) is 3.98.